The second-order valence-electron chi connectivity index (χ2n) is 3.38. The molecular weight excluding hydrogens is 239 g/mol. The predicted molar refractivity (Wildman–Crippen MR) is 71.8 cm³/mol. The summed E-state index contributed by atoms with van der Waals surface area (Å²) in [5.41, 5.74) is 1.98. The average molecular weight is 249 g/mol. The van der Waals surface area contributed by atoms with Crippen LogP contribution in [-0.2, 0) is 0 Å². The first-order valence-corrected chi connectivity index (χ1v) is 5.70. The van der Waals surface area contributed by atoms with Gasteiger partial charge in [0.15, 0.2) is 0 Å². The lowest BCUT2D eigenvalue weighted by Crippen LogP contribution is -1.77. The summed E-state index contributed by atoms with van der Waals surface area (Å²) in [7, 11) is 0. The van der Waals surface area contributed by atoms with E-state index in [4.69, 9.17) is 23.2 Å². The fourth-order valence-electron chi connectivity index (χ4n) is 1.41. The number of hydrogen-bond acceptors (Lipinski definition) is 0. The molecule has 0 fully saturated rings. The van der Waals surface area contributed by atoms with Crippen LogP contribution in [0.15, 0.2) is 48.5 Å². The van der Waals surface area contributed by atoms with Crippen molar-refractivity contribution in [2.75, 3.05) is 0 Å². The molecule has 0 aliphatic carbocycles. The van der Waals surface area contributed by atoms with Crippen LogP contribution in [0.5, 0.6) is 0 Å². The smallest absolute Gasteiger partial charge is 0.0493 e. The third-order valence-electron chi connectivity index (χ3n) is 2.24. The van der Waals surface area contributed by atoms with Crippen LogP contribution >= 0.6 is 23.2 Å². The van der Waals surface area contributed by atoms with Crippen molar-refractivity contribution in [1.82, 2.24) is 0 Å². The molecule has 0 nitrogen and oxygen atoms in total. The van der Waals surface area contributed by atoms with Crippen molar-refractivity contribution in [3.8, 4) is 0 Å². The van der Waals surface area contributed by atoms with Gasteiger partial charge in [-0.1, -0.05) is 71.8 Å². The van der Waals surface area contributed by atoms with Crippen molar-refractivity contribution in [2.24, 2.45) is 0 Å². The molecule has 0 atom stereocenters. The van der Waals surface area contributed by atoms with E-state index in [-0.39, 0.29) is 0 Å². The zero-order chi connectivity index (χ0) is 11.4. The summed E-state index contributed by atoms with van der Waals surface area (Å²) >= 11 is 12.1. The van der Waals surface area contributed by atoms with Crippen molar-refractivity contribution >= 4 is 35.4 Å². The number of rotatable bonds is 2. The highest BCUT2D eigenvalue weighted by molar-refractivity contribution is 6.37. The van der Waals surface area contributed by atoms with Gasteiger partial charge in [0.05, 0.1) is 0 Å². The molecule has 0 unspecified atom stereocenters. The second kappa shape index (κ2) is 5.20. The summed E-state index contributed by atoms with van der Waals surface area (Å²) in [5.74, 6) is 0. The molecule has 0 spiro atoms. The molecule has 2 aromatic carbocycles. The molecule has 0 aliphatic heterocycles. The van der Waals surface area contributed by atoms with Crippen LogP contribution in [-0.4, -0.2) is 0 Å². The van der Waals surface area contributed by atoms with Gasteiger partial charge >= 0.3 is 0 Å². The highest BCUT2D eigenvalue weighted by Crippen LogP contribution is 2.26. The third-order valence-corrected chi connectivity index (χ3v) is 2.90. The van der Waals surface area contributed by atoms with Gasteiger partial charge in [0.2, 0.25) is 0 Å². The summed E-state index contributed by atoms with van der Waals surface area (Å²) in [6.45, 7) is 0. The van der Waals surface area contributed by atoms with Gasteiger partial charge < -0.3 is 0 Å². The van der Waals surface area contributed by atoms with E-state index in [0.29, 0.717) is 10.0 Å². The minimum Gasteiger partial charge on any atom is -0.0836 e. The molecule has 0 aromatic heterocycles. The maximum absolute atomic E-state index is 6.06. The van der Waals surface area contributed by atoms with Gasteiger partial charge in [-0.05, 0) is 17.7 Å². The molecule has 0 saturated heterocycles. The van der Waals surface area contributed by atoms with Gasteiger partial charge in [-0.3, -0.25) is 0 Å². The van der Waals surface area contributed by atoms with E-state index < -0.39 is 0 Å². The van der Waals surface area contributed by atoms with Crippen molar-refractivity contribution in [3.63, 3.8) is 0 Å². The monoisotopic (exact) mass is 248 g/mol. The van der Waals surface area contributed by atoms with Crippen molar-refractivity contribution in [3.05, 3.63) is 69.7 Å². The van der Waals surface area contributed by atoms with Gasteiger partial charge in [-0.25, -0.2) is 0 Å². The van der Waals surface area contributed by atoms with Crippen LogP contribution in [0.1, 0.15) is 11.1 Å². The third kappa shape index (κ3) is 2.66. The molecule has 0 bridgehead atoms. The Morgan fingerprint density at radius 1 is 0.688 bits per heavy atom. The van der Waals surface area contributed by atoms with E-state index in [1.165, 1.54) is 0 Å². The fourth-order valence-corrected chi connectivity index (χ4v) is 1.94. The topological polar surface area (TPSA) is 0 Å². The van der Waals surface area contributed by atoms with Gasteiger partial charge in [0, 0.05) is 15.6 Å². The Morgan fingerprint density at radius 2 is 1.31 bits per heavy atom. The van der Waals surface area contributed by atoms with Crippen LogP contribution in [0.4, 0.5) is 0 Å². The van der Waals surface area contributed by atoms with E-state index in [1.807, 2.05) is 60.7 Å². The minimum atomic E-state index is 0.666. The molecule has 16 heavy (non-hydrogen) atoms. The molecule has 80 valence electrons. The van der Waals surface area contributed by atoms with E-state index >= 15 is 0 Å². The lowest BCUT2D eigenvalue weighted by atomic mass is 10.1. The van der Waals surface area contributed by atoms with Crippen LogP contribution < -0.4 is 0 Å². The lowest BCUT2D eigenvalue weighted by Gasteiger charge is -2.00. The number of benzene rings is 2. The first-order chi connectivity index (χ1) is 7.77. The maximum atomic E-state index is 6.06. The van der Waals surface area contributed by atoms with Crippen molar-refractivity contribution in [1.29, 1.82) is 0 Å². The maximum Gasteiger partial charge on any atom is 0.0493 e. The van der Waals surface area contributed by atoms with Crippen molar-refractivity contribution < 1.29 is 0 Å². The molecule has 2 heteroatoms. The predicted octanol–water partition coefficient (Wildman–Crippen LogP) is 5.16. The molecule has 2 aromatic rings. The SMILES string of the molecule is Clc1cccc(Cl)c1C=Cc1ccccc1. The lowest BCUT2D eigenvalue weighted by molar-refractivity contribution is 1.64. The van der Waals surface area contributed by atoms with Crippen LogP contribution in [0.3, 0.4) is 0 Å². The highest BCUT2D eigenvalue weighted by Gasteiger charge is 2.00. The molecule has 0 aliphatic rings. The zero-order valence-corrected chi connectivity index (χ0v) is 10.0. The van der Waals surface area contributed by atoms with Gasteiger partial charge in [0.1, 0.15) is 0 Å². The molecule has 0 radical (unpaired) electrons. The summed E-state index contributed by atoms with van der Waals surface area (Å²) < 4.78 is 0. The summed E-state index contributed by atoms with van der Waals surface area (Å²) in [6.07, 6.45) is 3.92. The Bertz CT molecular complexity index is 481. The standard InChI is InChI=1S/C14H10Cl2/c15-13-7-4-8-14(16)12(13)10-9-11-5-2-1-3-6-11/h1-10H. The number of halogens is 2. The van der Waals surface area contributed by atoms with Gasteiger partial charge in [0.25, 0.3) is 0 Å². The number of hydrogen-bond donors (Lipinski definition) is 0. The quantitative estimate of drug-likeness (QED) is 0.644. The largest absolute Gasteiger partial charge is 0.0836 e. The Labute approximate surface area is 105 Å². The van der Waals surface area contributed by atoms with E-state index in [1.54, 1.807) is 0 Å². The molecule has 2 rings (SSSR count). The first-order valence-electron chi connectivity index (χ1n) is 4.94. The van der Waals surface area contributed by atoms with Crippen molar-refractivity contribution in [2.45, 2.75) is 0 Å². The summed E-state index contributed by atoms with van der Waals surface area (Å²) in [5, 5.41) is 1.33. The normalized spacial score (nSPS) is 10.9. The zero-order valence-electron chi connectivity index (χ0n) is 8.53. The molecular formula is C14H10Cl2. The molecule has 0 N–H and O–H groups in total. The molecule has 0 amide bonds. The van der Waals surface area contributed by atoms with Crippen LogP contribution in [0, 0.1) is 0 Å². The van der Waals surface area contributed by atoms with Crippen LogP contribution in [0.25, 0.3) is 12.2 Å². The molecule has 0 saturated carbocycles. The first kappa shape index (κ1) is 11.3. The van der Waals surface area contributed by atoms with Crippen LogP contribution in [0.2, 0.25) is 10.0 Å². The highest BCUT2D eigenvalue weighted by atomic mass is 35.5. The van der Waals surface area contributed by atoms with E-state index in [2.05, 4.69) is 0 Å². The Balaban J connectivity index is 2.31. The average Bonchev–Trinajstić information content (AvgIpc) is 2.30. The summed E-state index contributed by atoms with van der Waals surface area (Å²) in [6, 6.07) is 15.5. The molecule has 0 heterocycles. The summed E-state index contributed by atoms with van der Waals surface area (Å²) in [4.78, 5) is 0. The minimum absolute atomic E-state index is 0.666. The fraction of sp³-hybridized carbons (Fsp3) is 0. The van der Waals surface area contributed by atoms with Gasteiger partial charge in [-0.15, -0.1) is 0 Å². The second-order valence-corrected chi connectivity index (χ2v) is 4.19. The Morgan fingerprint density at radius 3 is 1.94 bits per heavy atom. The Kier molecular flexibility index (Phi) is 3.66. The van der Waals surface area contributed by atoms with Gasteiger partial charge in [-0.2, -0.15) is 0 Å². The van der Waals surface area contributed by atoms with E-state index in [0.717, 1.165) is 11.1 Å². The Hall–Kier alpha value is -1.24. The van der Waals surface area contributed by atoms with E-state index in [9.17, 15) is 0 Å².